The molecular formula is C22H24BrN3O2S. The van der Waals surface area contributed by atoms with Crippen molar-refractivity contribution in [2.45, 2.75) is 45.1 Å². The molecule has 2 aromatic carbocycles. The van der Waals surface area contributed by atoms with E-state index >= 15 is 0 Å². The van der Waals surface area contributed by atoms with E-state index in [1.165, 1.54) is 19.3 Å². The standard InChI is InChI=1S/C22H24BrN3O2S/c1-15-7-5-6-10-19(15)21(27)28-20-12-11-17(23)13-16(20)14-24-26-22(29)25-18-8-3-2-4-9-18/h5-7,10-14,18H,2-4,8-9H2,1H3,(H2,25,26,29). The van der Waals surface area contributed by atoms with Crippen LogP contribution >= 0.6 is 28.1 Å². The lowest BCUT2D eigenvalue weighted by atomic mass is 9.96. The number of benzene rings is 2. The van der Waals surface area contributed by atoms with Crippen LogP contribution in [0.15, 0.2) is 52.0 Å². The van der Waals surface area contributed by atoms with Gasteiger partial charge in [0.15, 0.2) is 5.11 Å². The Hall–Kier alpha value is -2.25. The van der Waals surface area contributed by atoms with Crippen molar-refractivity contribution in [2.24, 2.45) is 5.10 Å². The highest BCUT2D eigenvalue weighted by Gasteiger charge is 2.15. The molecule has 1 fully saturated rings. The Labute approximate surface area is 185 Å². The Balaban J connectivity index is 1.65. The molecule has 0 unspecified atom stereocenters. The molecular weight excluding hydrogens is 450 g/mol. The van der Waals surface area contributed by atoms with E-state index in [-0.39, 0.29) is 0 Å². The molecule has 0 atom stereocenters. The van der Waals surface area contributed by atoms with Crippen molar-refractivity contribution in [3.05, 3.63) is 63.6 Å². The van der Waals surface area contributed by atoms with E-state index < -0.39 is 5.97 Å². The van der Waals surface area contributed by atoms with Crippen LogP contribution in [0.2, 0.25) is 0 Å². The summed E-state index contributed by atoms with van der Waals surface area (Å²) < 4.78 is 6.48. The van der Waals surface area contributed by atoms with Crippen LogP contribution < -0.4 is 15.5 Å². The summed E-state index contributed by atoms with van der Waals surface area (Å²) in [5.41, 5.74) is 4.92. The van der Waals surface area contributed by atoms with Gasteiger partial charge in [-0.2, -0.15) is 5.10 Å². The minimum absolute atomic E-state index is 0.400. The van der Waals surface area contributed by atoms with Crippen LogP contribution in [0.3, 0.4) is 0 Å². The normalized spacial score (nSPS) is 14.6. The summed E-state index contributed by atoms with van der Waals surface area (Å²) in [4.78, 5) is 12.6. The zero-order valence-corrected chi connectivity index (χ0v) is 18.7. The van der Waals surface area contributed by atoms with Crippen LogP contribution in [-0.2, 0) is 0 Å². The summed E-state index contributed by atoms with van der Waals surface area (Å²) in [6, 6.07) is 13.1. The number of carbonyl (C=O) groups excluding carboxylic acids is 1. The zero-order valence-electron chi connectivity index (χ0n) is 16.3. The van der Waals surface area contributed by atoms with Crippen LogP contribution in [0.25, 0.3) is 0 Å². The Morgan fingerprint density at radius 1 is 1.21 bits per heavy atom. The van der Waals surface area contributed by atoms with Crippen molar-refractivity contribution >= 4 is 45.4 Å². The largest absolute Gasteiger partial charge is 0.422 e. The first-order chi connectivity index (χ1) is 14.0. The lowest BCUT2D eigenvalue weighted by Crippen LogP contribution is -2.40. The molecule has 0 radical (unpaired) electrons. The summed E-state index contributed by atoms with van der Waals surface area (Å²) in [6.07, 6.45) is 7.63. The van der Waals surface area contributed by atoms with Crippen LogP contribution in [-0.4, -0.2) is 23.3 Å². The molecule has 7 heteroatoms. The lowest BCUT2D eigenvalue weighted by Gasteiger charge is -2.23. The third-order valence-electron chi connectivity index (χ3n) is 4.85. The highest BCUT2D eigenvalue weighted by Crippen LogP contribution is 2.23. The fourth-order valence-corrected chi connectivity index (χ4v) is 3.89. The summed E-state index contributed by atoms with van der Waals surface area (Å²) in [6.45, 7) is 1.88. The van der Waals surface area contributed by atoms with Gasteiger partial charge in [-0.3, -0.25) is 5.43 Å². The first kappa shape index (κ1) is 21.5. The maximum atomic E-state index is 12.6. The van der Waals surface area contributed by atoms with Gasteiger partial charge in [-0.05, 0) is 61.8 Å². The fourth-order valence-electron chi connectivity index (χ4n) is 3.29. The van der Waals surface area contributed by atoms with Gasteiger partial charge in [-0.25, -0.2) is 4.79 Å². The predicted octanol–water partition coefficient (Wildman–Crippen LogP) is 5.11. The molecule has 2 N–H and O–H groups in total. The highest BCUT2D eigenvalue weighted by molar-refractivity contribution is 9.10. The molecule has 3 rings (SSSR count). The lowest BCUT2D eigenvalue weighted by molar-refractivity contribution is 0.0733. The maximum absolute atomic E-state index is 12.6. The van der Waals surface area contributed by atoms with Gasteiger partial charge in [0, 0.05) is 16.1 Å². The molecule has 0 spiro atoms. The summed E-state index contributed by atoms with van der Waals surface area (Å²) >= 11 is 8.77. The Bertz CT molecular complexity index is 911. The van der Waals surface area contributed by atoms with Crippen LogP contribution in [0, 0.1) is 6.92 Å². The van der Waals surface area contributed by atoms with Crippen molar-refractivity contribution in [2.75, 3.05) is 0 Å². The first-order valence-electron chi connectivity index (χ1n) is 9.70. The second kappa shape index (κ2) is 10.5. The number of halogens is 1. The Morgan fingerprint density at radius 2 is 1.97 bits per heavy atom. The molecule has 29 heavy (non-hydrogen) atoms. The Kier molecular flexibility index (Phi) is 7.77. The number of rotatable bonds is 5. The van der Waals surface area contributed by atoms with E-state index in [0.29, 0.717) is 28.0 Å². The SMILES string of the molecule is Cc1ccccc1C(=O)Oc1ccc(Br)cc1C=NNC(=S)NC1CCCCC1. The van der Waals surface area contributed by atoms with Gasteiger partial charge in [-0.15, -0.1) is 0 Å². The van der Waals surface area contributed by atoms with Gasteiger partial charge >= 0.3 is 5.97 Å². The topological polar surface area (TPSA) is 62.7 Å². The molecule has 0 aliphatic heterocycles. The van der Waals surface area contributed by atoms with Gasteiger partial charge in [0.1, 0.15) is 5.75 Å². The van der Waals surface area contributed by atoms with Gasteiger partial charge < -0.3 is 10.1 Å². The van der Waals surface area contributed by atoms with Gasteiger partial charge in [0.2, 0.25) is 0 Å². The van der Waals surface area contributed by atoms with Crippen molar-refractivity contribution in [3.63, 3.8) is 0 Å². The predicted molar refractivity (Wildman–Crippen MR) is 124 cm³/mol. The molecule has 1 saturated carbocycles. The molecule has 0 aromatic heterocycles. The molecule has 0 bridgehead atoms. The quantitative estimate of drug-likeness (QED) is 0.207. The van der Waals surface area contributed by atoms with Crippen molar-refractivity contribution in [1.29, 1.82) is 0 Å². The number of ether oxygens (including phenoxy) is 1. The van der Waals surface area contributed by atoms with E-state index in [2.05, 4.69) is 31.8 Å². The van der Waals surface area contributed by atoms with Crippen molar-refractivity contribution in [1.82, 2.24) is 10.7 Å². The number of hydrogen-bond donors (Lipinski definition) is 2. The van der Waals surface area contributed by atoms with Gasteiger partial charge in [-0.1, -0.05) is 53.4 Å². The van der Waals surface area contributed by atoms with Gasteiger partial charge in [0.05, 0.1) is 11.8 Å². The Morgan fingerprint density at radius 3 is 2.72 bits per heavy atom. The number of nitrogens with one attached hydrogen (secondary N) is 2. The fraction of sp³-hybridized carbons (Fsp3) is 0.318. The second-order valence-electron chi connectivity index (χ2n) is 7.06. The number of hydrogen-bond acceptors (Lipinski definition) is 4. The maximum Gasteiger partial charge on any atom is 0.343 e. The molecule has 0 amide bonds. The smallest absolute Gasteiger partial charge is 0.343 e. The number of carbonyl (C=O) groups is 1. The van der Waals surface area contributed by atoms with Crippen molar-refractivity contribution in [3.8, 4) is 5.75 Å². The second-order valence-corrected chi connectivity index (χ2v) is 8.39. The summed E-state index contributed by atoms with van der Waals surface area (Å²) in [5, 5.41) is 8.02. The van der Waals surface area contributed by atoms with Gasteiger partial charge in [0.25, 0.3) is 0 Å². The molecule has 1 aliphatic rings. The minimum Gasteiger partial charge on any atom is -0.422 e. The minimum atomic E-state index is -0.400. The molecule has 0 saturated heterocycles. The number of hydrazone groups is 1. The molecule has 0 heterocycles. The average Bonchev–Trinajstić information content (AvgIpc) is 2.71. The van der Waals surface area contributed by atoms with Crippen LogP contribution in [0.4, 0.5) is 0 Å². The number of nitrogens with zero attached hydrogens (tertiary/aromatic N) is 1. The summed E-state index contributed by atoms with van der Waals surface area (Å²) in [5.74, 6) is 0.0284. The average molecular weight is 474 g/mol. The van der Waals surface area contributed by atoms with Crippen LogP contribution in [0.1, 0.15) is 53.6 Å². The van der Waals surface area contributed by atoms with E-state index in [1.807, 2.05) is 37.3 Å². The molecule has 152 valence electrons. The highest BCUT2D eigenvalue weighted by atomic mass is 79.9. The third kappa shape index (κ3) is 6.37. The number of thiocarbonyl (C=S) groups is 1. The van der Waals surface area contributed by atoms with Crippen LogP contribution in [0.5, 0.6) is 5.75 Å². The monoisotopic (exact) mass is 473 g/mol. The molecule has 5 nitrogen and oxygen atoms in total. The third-order valence-corrected chi connectivity index (χ3v) is 5.55. The molecule has 1 aliphatic carbocycles. The summed E-state index contributed by atoms with van der Waals surface area (Å²) in [7, 11) is 0. The first-order valence-corrected chi connectivity index (χ1v) is 10.9. The number of aryl methyl sites for hydroxylation is 1. The number of esters is 1. The van der Waals surface area contributed by atoms with E-state index in [4.69, 9.17) is 17.0 Å². The van der Waals surface area contributed by atoms with Crippen molar-refractivity contribution < 1.29 is 9.53 Å². The van der Waals surface area contributed by atoms with E-state index in [0.717, 1.165) is 22.9 Å². The zero-order chi connectivity index (χ0) is 20.6. The molecule has 2 aromatic rings. The van der Waals surface area contributed by atoms with E-state index in [9.17, 15) is 4.79 Å². The van der Waals surface area contributed by atoms with E-state index in [1.54, 1.807) is 18.3 Å².